The number of nitrogens with zero attached hydrogens (tertiary/aromatic N) is 3. The first-order valence-electron chi connectivity index (χ1n) is 5.88. The zero-order valence-electron chi connectivity index (χ0n) is 10.6. The summed E-state index contributed by atoms with van der Waals surface area (Å²) in [4.78, 5) is 18.2. The summed E-state index contributed by atoms with van der Waals surface area (Å²) in [5, 5.41) is 16.5. The Morgan fingerprint density at radius 2 is 2.00 bits per heavy atom. The quantitative estimate of drug-likeness (QED) is 0.644. The molecule has 1 aromatic heterocycles. The molecule has 2 rings (SSSR count). The number of hydrogen-bond donors (Lipinski definition) is 2. The van der Waals surface area contributed by atoms with Crippen molar-refractivity contribution in [2.45, 2.75) is 6.92 Å². The third-order valence-corrected chi connectivity index (χ3v) is 2.48. The maximum Gasteiger partial charge on any atom is 0.353 e. The van der Waals surface area contributed by atoms with E-state index >= 15 is 0 Å². The van der Waals surface area contributed by atoms with Gasteiger partial charge in [-0.25, -0.2) is 14.4 Å². The molecule has 1 aromatic carbocycles. The van der Waals surface area contributed by atoms with E-state index in [1.807, 2.05) is 0 Å². The fourth-order valence-electron chi connectivity index (χ4n) is 1.63. The van der Waals surface area contributed by atoms with Gasteiger partial charge in [-0.1, -0.05) is 12.1 Å². The van der Waals surface area contributed by atoms with Crippen LogP contribution in [-0.2, 0) is 0 Å². The van der Waals surface area contributed by atoms with Gasteiger partial charge in [0.25, 0.3) is 0 Å². The lowest BCUT2D eigenvalue weighted by molar-refractivity contribution is -0.383. The van der Waals surface area contributed by atoms with Crippen LogP contribution in [0.15, 0.2) is 30.6 Å². The Bertz CT molecular complexity index is 635. The van der Waals surface area contributed by atoms with Gasteiger partial charge >= 0.3 is 5.69 Å². The summed E-state index contributed by atoms with van der Waals surface area (Å²) in [7, 11) is 0. The van der Waals surface area contributed by atoms with Crippen LogP contribution in [-0.4, -0.2) is 21.4 Å². The monoisotopic (exact) mass is 277 g/mol. The second-order valence-electron chi connectivity index (χ2n) is 3.81. The number of nitro groups is 1. The molecule has 7 nitrogen and oxygen atoms in total. The van der Waals surface area contributed by atoms with Crippen LogP contribution in [0.4, 0.5) is 27.4 Å². The minimum absolute atomic E-state index is 0.0638. The zero-order valence-corrected chi connectivity index (χ0v) is 10.6. The van der Waals surface area contributed by atoms with Gasteiger partial charge in [-0.15, -0.1) is 0 Å². The third-order valence-electron chi connectivity index (χ3n) is 2.48. The second kappa shape index (κ2) is 5.91. The SMILES string of the molecule is CCNc1ncnc(Nc2ccccc2F)c1[N+](=O)[O-]. The highest BCUT2D eigenvalue weighted by molar-refractivity contribution is 5.73. The van der Waals surface area contributed by atoms with Crippen LogP contribution in [0.2, 0.25) is 0 Å². The first-order chi connectivity index (χ1) is 9.63. The van der Waals surface area contributed by atoms with Crippen molar-refractivity contribution in [2.24, 2.45) is 0 Å². The molecule has 104 valence electrons. The number of halogens is 1. The number of anilines is 3. The van der Waals surface area contributed by atoms with Gasteiger partial charge in [0.2, 0.25) is 11.6 Å². The van der Waals surface area contributed by atoms with E-state index in [0.717, 1.165) is 0 Å². The smallest absolute Gasteiger partial charge is 0.353 e. The molecule has 0 aliphatic carbocycles. The maximum absolute atomic E-state index is 13.6. The lowest BCUT2D eigenvalue weighted by Crippen LogP contribution is -2.08. The van der Waals surface area contributed by atoms with Crippen molar-refractivity contribution < 1.29 is 9.31 Å². The van der Waals surface area contributed by atoms with Crippen LogP contribution in [0.5, 0.6) is 0 Å². The lowest BCUT2D eigenvalue weighted by Gasteiger charge is -2.09. The van der Waals surface area contributed by atoms with Gasteiger partial charge in [0.05, 0.1) is 10.6 Å². The molecule has 0 fully saturated rings. The van der Waals surface area contributed by atoms with Gasteiger partial charge in [0.1, 0.15) is 12.1 Å². The maximum atomic E-state index is 13.6. The molecule has 2 aromatic rings. The Labute approximate surface area is 114 Å². The minimum atomic E-state index is -0.610. The fourth-order valence-corrected chi connectivity index (χ4v) is 1.63. The first kappa shape index (κ1) is 13.7. The number of hydrogen-bond acceptors (Lipinski definition) is 6. The highest BCUT2D eigenvalue weighted by atomic mass is 19.1. The predicted octanol–water partition coefficient (Wildman–Crippen LogP) is 2.70. The normalized spacial score (nSPS) is 10.1. The molecule has 0 radical (unpaired) electrons. The number of rotatable bonds is 5. The van der Waals surface area contributed by atoms with Gasteiger partial charge in [-0.05, 0) is 19.1 Å². The van der Waals surface area contributed by atoms with Crippen LogP contribution in [0.3, 0.4) is 0 Å². The fraction of sp³-hybridized carbons (Fsp3) is 0.167. The Morgan fingerprint density at radius 3 is 2.65 bits per heavy atom. The molecule has 8 heteroatoms. The van der Waals surface area contributed by atoms with Crippen LogP contribution >= 0.6 is 0 Å². The topological polar surface area (TPSA) is 93.0 Å². The van der Waals surface area contributed by atoms with E-state index < -0.39 is 10.7 Å². The molecule has 20 heavy (non-hydrogen) atoms. The van der Waals surface area contributed by atoms with Crippen molar-refractivity contribution in [1.29, 1.82) is 0 Å². The lowest BCUT2D eigenvalue weighted by atomic mass is 10.3. The zero-order chi connectivity index (χ0) is 14.5. The number of benzene rings is 1. The average Bonchev–Trinajstić information content (AvgIpc) is 2.41. The van der Waals surface area contributed by atoms with E-state index in [0.29, 0.717) is 6.54 Å². The van der Waals surface area contributed by atoms with Crippen LogP contribution in [0.25, 0.3) is 0 Å². The van der Waals surface area contributed by atoms with Crippen molar-refractivity contribution in [3.63, 3.8) is 0 Å². The molecule has 0 unspecified atom stereocenters. The van der Waals surface area contributed by atoms with Crippen molar-refractivity contribution in [1.82, 2.24) is 9.97 Å². The van der Waals surface area contributed by atoms with E-state index in [9.17, 15) is 14.5 Å². The molecule has 0 atom stereocenters. The predicted molar refractivity (Wildman–Crippen MR) is 72.5 cm³/mol. The summed E-state index contributed by atoms with van der Waals surface area (Å²) in [5.74, 6) is -0.497. The van der Waals surface area contributed by atoms with Gasteiger partial charge < -0.3 is 10.6 Å². The largest absolute Gasteiger partial charge is 0.364 e. The summed E-state index contributed by atoms with van der Waals surface area (Å²) in [6.07, 6.45) is 1.17. The molecule has 0 aliphatic heterocycles. The molecule has 0 amide bonds. The van der Waals surface area contributed by atoms with Crippen LogP contribution < -0.4 is 10.6 Å². The van der Waals surface area contributed by atoms with Crippen molar-refractivity contribution >= 4 is 23.0 Å². The van der Waals surface area contributed by atoms with E-state index in [1.165, 1.54) is 24.5 Å². The Morgan fingerprint density at radius 1 is 1.30 bits per heavy atom. The van der Waals surface area contributed by atoms with Gasteiger partial charge in [0.15, 0.2) is 0 Å². The minimum Gasteiger partial charge on any atom is -0.364 e. The Balaban J connectivity index is 2.44. The third kappa shape index (κ3) is 2.79. The summed E-state index contributed by atoms with van der Waals surface area (Å²) < 4.78 is 13.6. The number of nitrogens with one attached hydrogen (secondary N) is 2. The standard InChI is InChI=1S/C12H12FN5O2/c1-2-14-11-10(18(19)20)12(16-7-15-11)17-9-6-4-3-5-8(9)13/h3-7H,2H2,1H3,(H2,14,15,16,17). The van der Waals surface area contributed by atoms with Gasteiger partial charge in [-0.2, -0.15) is 0 Å². The van der Waals surface area contributed by atoms with E-state index in [1.54, 1.807) is 13.0 Å². The molecule has 2 N–H and O–H groups in total. The molecule has 0 saturated carbocycles. The summed E-state index contributed by atoms with van der Waals surface area (Å²) in [6, 6.07) is 5.86. The highest BCUT2D eigenvalue weighted by Crippen LogP contribution is 2.31. The van der Waals surface area contributed by atoms with E-state index in [2.05, 4.69) is 20.6 Å². The molecule has 0 spiro atoms. The highest BCUT2D eigenvalue weighted by Gasteiger charge is 2.23. The van der Waals surface area contributed by atoms with Crippen LogP contribution in [0.1, 0.15) is 6.92 Å². The molecule has 0 aliphatic rings. The molecule has 1 heterocycles. The molecular weight excluding hydrogens is 265 g/mol. The number of para-hydroxylation sites is 1. The Kier molecular flexibility index (Phi) is 4.04. The van der Waals surface area contributed by atoms with Crippen molar-refractivity contribution in [3.05, 3.63) is 46.5 Å². The second-order valence-corrected chi connectivity index (χ2v) is 3.81. The van der Waals surface area contributed by atoms with E-state index in [4.69, 9.17) is 0 Å². The summed E-state index contributed by atoms with van der Waals surface area (Å²) in [6.45, 7) is 2.26. The van der Waals surface area contributed by atoms with Gasteiger partial charge in [-0.3, -0.25) is 10.1 Å². The summed E-state index contributed by atoms with van der Waals surface area (Å²) in [5.41, 5.74) is -0.214. The molecular formula is C12H12FN5O2. The van der Waals surface area contributed by atoms with Crippen molar-refractivity contribution in [3.8, 4) is 0 Å². The Hall–Kier alpha value is -2.77. The first-order valence-corrected chi connectivity index (χ1v) is 5.88. The van der Waals surface area contributed by atoms with Crippen molar-refractivity contribution in [2.75, 3.05) is 17.2 Å². The van der Waals surface area contributed by atoms with Crippen LogP contribution in [0, 0.1) is 15.9 Å². The van der Waals surface area contributed by atoms with E-state index in [-0.39, 0.29) is 23.0 Å². The summed E-state index contributed by atoms with van der Waals surface area (Å²) >= 11 is 0. The molecule has 0 bridgehead atoms. The number of aromatic nitrogens is 2. The van der Waals surface area contributed by atoms with Gasteiger partial charge in [0, 0.05) is 6.54 Å². The molecule has 0 saturated heterocycles. The average molecular weight is 277 g/mol.